The number of imidazole rings is 1. The first kappa shape index (κ1) is 16.0. The minimum atomic E-state index is -1.35. The molecule has 2 aromatic rings. The highest BCUT2D eigenvalue weighted by molar-refractivity contribution is 7.80. The van der Waals surface area contributed by atoms with E-state index in [1.165, 1.54) is 10.9 Å². The topological polar surface area (TPSA) is 158 Å². The summed E-state index contributed by atoms with van der Waals surface area (Å²) >= 11 is 3.93. The molecule has 1 aliphatic heterocycles. The van der Waals surface area contributed by atoms with E-state index in [0.29, 0.717) is 0 Å². The van der Waals surface area contributed by atoms with Crippen molar-refractivity contribution in [2.45, 2.75) is 24.5 Å². The van der Waals surface area contributed by atoms with Crippen molar-refractivity contribution in [2.24, 2.45) is 0 Å². The van der Waals surface area contributed by atoms with E-state index in [1.54, 1.807) is 0 Å². The number of nitrogens with two attached hydrogens (primary N) is 1. The van der Waals surface area contributed by atoms with Crippen LogP contribution in [0.2, 0.25) is 0 Å². The molecular weight excluding hydrogens is 330 g/mol. The summed E-state index contributed by atoms with van der Waals surface area (Å²) in [7, 11) is 0. The van der Waals surface area contributed by atoms with E-state index in [1.807, 2.05) is 0 Å². The molecule has 4 unspecified atom stereocenters. The van der Waals surface area contributed by atoms with Gasteiger partial charge in [-0.05, 0) is 0 Å². The van der Waals surface area contributed by atoms with Gasteiger partial charge in [0.2, 0.25) is 5.95 Å². The Morgan fingerprint density at radius 1 is 1.43 bits per heavy atom. The molecule has 0 saturated carbocycles. The first-order valence-electron chi connectivity index (χ1n) is 6.61. The van der Waals surface area contributed by atoms with Crippen LogP contribution in [0.25, 0.3) is 11.2 Å². The Morgan fingerprint density at radius 2 is 2.17 bits per heavy atom. The number of aliphatic hydroxyl groups excluding tert-OH is 3. The Balaban J connectivity index is 2.17. The highest BCUT2D eigenvalue weighted by Crippen LogP contribution is 2.31. The van der Waals surface area contributed by atoms with Crippen molar-refractivity contribution >= 4 is 29.7 Å². The second-order valence-electron chi connectivity index (χ2n) is 4.88. The van der Waals surface area contributed by atoms with Crippen molar-refractivity contribution in [1.29, 1.82) is 0 Å². The van der Waals surface area contributed by atoms with Crippen LogP contribution >= 0.6 is 12.6 Å². The Bertz CT molecular complexity index is 778. The van der Waals surface area contributed by atoms with Gasteiger partial charge in [0.25, 0.3) is 0 Å². The molecule has 1 saturated heterocycles. The van der Waals surface area contributed by atoms with Gasteiger partial charge in [0.15, 0.2) is 23.3 Å². The molecule has 0 radical (unpaired) electrons. The normalized spacial score (nSPS) is 27.7. The van der Waals surface area contributed by atoms with E-state index in [0.717, 1.165) is 4.73 Å². The first-order chi connectivity index (χ1) is 11.0. The summed E-state index contributed by atoms with van der Waals surface area (Å²) in [5.41, 5.74) is 5.03. The van der Waals surface area contributed by atoms with Crippen molar-refractivity contribution in [3.8, 4) is 0 Å². The van der Waals surface area contributed by atoms with Crippen LogP contribution in [-0.2, 0) is 4.74 Å². The van der Waals surface area contributed by atoms with Gasteiger partial charge in [-0.15, -0.1) is 17.4 Å². The van der Waals surface area contributed by atoms with E-state index in [2.05, 4.69) is 22.6 Å². The molecule has 11 nitrogen and oxygen atoms in total. The molecule has 1 fully saturated rings. The maximum Gasteiger partial charge on any atom is 0.302 e. The second-order valence-corrected chi connectivity index (χ2v) is 5.14. The van der Waals surface area contributed by atoms with Gasteiger partial charge in [-0.1, -0.05) is 0 Å². The lowest BCUT2D eigenvalue weighted by Crippen LogP contribution is -2.33. The number of aliphatic hydroxyl groups is 3. The van der Waals surface area contributed by atoms with Crippen LogP contribution in [0, 0.1) is 0 Å². The average Bonchev–Trinajstić information content (AvgIpc) is 3.07. The predicted molar refractivity (Wildman–Crippen MR) is 79.6 cm³/mol. The standard InChI is InChI=1S/C11H15N5O6S/c12-11-14-8(20)5-9(16(11)21-3-23)15(2-13-5)10-7(19)6(18)4(1-17)22-10/h2,4,6-7,10,17-19,23H,1,3H2,(H2,12,14,20). The third-order valence-electron chi connectivity index (χ3n) is 3.56. The Kier molecular flexibility index (Phi) is 4.16. The highest BCUT2D eigenvalue weighted by Gasteiger charge is 2.44. The maximum absolute atomic E-state index is 11.9. The van der Waals surface area contributed by atoms with Crippen molar-refractivity contribution in [3.05, 3.63) is 16.7 Å². The smallest absolute Gasteiger partial charge is 0.302 e. The van der Waals surface area contributed by atoms with Gasteiger partial charge in [0, 0.05) is 0 Å². The largest absolute Gasteiger partial charge is 0.398 e. The van der Waals surface area contributed by atoms with E-state index in [-0.39, 0.29) is 23.1 Å². The van der Waals surface area contributed by atoms with E-state index in [9.17, 15) is 15.0 Å². The fraction of sp³-hybridized carbons (Fsp3) is 0.545. The summed E-state index contributed by atoms with van der Waals surface area (Å²) in [5, 5.41) is 29.2. The molecule has 0 spiro atoms. The van der Waals surface area contributed by atoms with Crippen molar-refractivity contribution < 1.29 is 24.9 Å². The number of ether oxygens (including phenoxy) is 1. The maximum atomic E-state index is 11.9. The number of anilines is 1. The van der Waals surface area contributed by atoms with Crippen LogP contribution in [0.4, 0.5) is 5.95 Å². The Labute approximate surface area is 134 Å². The first-order valence-corrected chi connectivity index (χ1v) is 7.24. The summed E-state index contributed by atoms with van der Waals surface area (Å²) in [6.45, 7) is -0.481. The minimum Gasteiger partial charge on any atom is -0.398 e. The lowest BCUT2D eigenvalue weighted by atomic mass is 10.1. The fourth-order valence-electron chi connectivity index (χ4n) is 2.50. The average molecular weight is 345 g/mol. The van der Waals surface area contributed by atoms with Gasteiger partial charge in [-0.2, -0.15) is 4.98 Å². The molecule has 0 aromatic carbocycles. The molecule has 0 aliphatic carbocycles. The van der Waals surface area contributed by atoms with Crippen LogP contribution in [0.5, 0.6) is 0 Å². The minimum absolute atomic E-state index is 0.0567. The lowest BCUT2D eigenvalue weighted by molar-refractivity contribution is -0.0520. The van der Waals surface area contributed by atoms with Crippen LogP contribution in [0.3, 0.4) is 0 Å². The molecule has 5 N–H and O–H groups in total. The van der Waals surface area contributed by atoms with E-state index >= 15 is 0 Å². The number of thiol groups is 1. The molecule has 0 bridgehead atoms. The molecule has 23 heavy (non-hydrogen) atoms. The van der Waals surface area contributed by atoms with E-state index in [4.69, 9.17) is 20.4 Å². The number of hydrogen-bond donors (Lipinski definition) is 5. The molecule has 2 aromatic heterocycles. The quantitative estimate of drug-likeness (QED) is 0.289. The number of nitrogens with zero attached hydrogens (tertiary/aromatic N) is 4. The lowest BCUT2D eigenvalue weighted by Gasteiger charge is -2.19. The summed E-state index contributed by atoms with van der Waals surface area (Å²) < 4.78 is 7.73. The molecule has 3 rings (SSSR count). The van der Waals surface area contributed by atoms with Crippen molar-refractivity contribution in [2.75, 3.05) is 18.3 Å². The van der Waals surface area contributed by atoms with Crippen LogP contribution in [-0.4, -0.2) is 65.4 Å². The molecular formula is C11H15N5O6S. The third-order valence-corrected chi connectivity index (χ3v) is 3.68. The second kappa shape index (κ2) is 5.98. The van der Waals surface area contributed by atoms with Crippen LogP contribution < -0.4 is 16.1 Å². The molecule has 12 heteroatoms. The number of fused-ring (bicyclic) bond motifs is 1. The number of rotatable bonds is 4. The number of nitrogen functional groups attached to an aromatic ring is 1. The van der Waals surface area contributed by atoms with Gasteiger partial charge in [-0.3, -0.25) is 9.36 Å². The van der Waals surface area contributed by atoms with Crippen LogP contribution in [0.1, 0.15) is 6.23 Å². The van der Waals surface area contributed by atoms with Crippen molar-refractivity contribution in [1.82, 2.24) is 19.3 Å². The summed E-state index contributed by atoms with van der Waals surface area (Å²) in [4.78, 5) is 24.6. The summed E-state index contributed by atoms with van der Waals surface area (Å²) in [5.74, 6) is -0.296. The summed E-state index contributed by atoms with van der Waals surface area (Å²) in [6, 6.07) is 0. The Morgan fingerprint density at radius 3 is 2.78 bits per heavy atom. The van der Waals surface area contributed by atoms with Crippen molar-refractivity contribution in [3.63, 3.8) is 0 Å². The molecule has 3 heterocycles. The highest BCUT2D eigenvalue weighted by atomic mass is 32.1. The summed E-state index contributed by atoms with van der Waals surface area (Å²) in [6.07, 6.45) is -3.49. The Hall–Kier alpha value is -1.86. The van der Waals surface area contributed by atoms with Crippen LogP contribution in [0.15, 0.2) is 11.1 Å². The van der Waals surface area contributed by atoms with Gasteiger partial charge >= 0.3 is 5.56 Å². The SMILES string of the molecule is Nc1nc(=O)c2ncn(C3OC(CO)C(O)C3O)c2n1OCS. The molecule has 0 amide bonds. The molecule has 4 atom stereocenters. The zero-order chi connectivity index (χ0) is 16.7. The third kappa shape index (κ3) is 2.44. The van der Waals surface area contributed by atoms with E-state index < -0.39 is 36.7 Å². The van der Waals surface area contributed by atoms with Gasteiger partial charge in [0.1, 0.15) is 18.3 Å². The predicted octanol–water partition coefficient (Wildman–Crippen LogP) is -2.90. The van der Waals surface area contributed by atoms with Gasteiger partial charge < -0.3 is 30.6 Å². The number of hydrogen-bond acceptors (Lipinski definition) is 10. The fourth-order valence-corrected chi connectivity index (χ4v) is 2.61. The zero-order valence-electron chi connectivity index (χ0n) is 11.7. The van der Waals surface area contributed by atoms with Gasteiger partial charge in [0.05, 0.1) is 12.9 Å². The van der Waals surface area contributed by atoms with Gasteiger partial charge in [-0.25, -0.2) is 4.98 Å². The number of aromatic nitrogens is 4. The molecule has 126 valence electrons. The zero-order valence-corrected chi connectivity index (χ0v) is 12.6. The monoisotopic (exact) mass is 345 g/mol. The molecule has 1 aliphatic rings.